The Labute approximate surface area is 210 Å². The first kappa shape index (κ1) is 23.0. The number of aryl methyl sites for hydroxylation is 1. The van der Waals surface area contributed by atoms with Gasteiger partial charge in [-0.2, -0.15) is 20.4 Å². The topological polar surface area (TPSA) is 126 Å². The van der Waals surface area contributed by atoms with Crippen molar-refractivity contribution in [2.45, 2.75) is 32.2 Å². The highest BCUT2D eigenvalue weighted by atomic mass is 79.9. The minimum absolute atomic E-state index is 0.0665. The van der Waals surface area contributed by atoms with Gasteiger partial charge in [0.25, 0.3) is 0 Å². The van der Waals surface area contributed by atoms with Crippen LogP contribution in [0.5, 0.6) is 0 Å². The van der Waals surface area contributed by atoms with Gasteiger partial charge in [0, 0.05) is 37.3 Å². The zero-order valence-electron chi connectivity index (χ0n) is 19.6. The van der Waals surface area contributed by atoms with Crippen LogP contribution in [0.1, 0.15) is 31.9 Å². The average molecular weight is 534 g/mol. The molecule has 35 heavy (non-hydrogen) atoms. The Morgan fingerprint density at radius 1 is 1.29 bits per heavy atom. The molecule has 178 valence electrons. The largest absolute Gasteiger partial charge is 0.359 e. The van der Waals surface area contributed by atoms with Crippen LogP contribution in [0.15, 0.2) is 41.3 Å². The third kappa shape index (κ3) is 4.04. The van der Waals surface area contributed by atoms with Gasteiger partial charge in [0.2, 0.25) is 11.9 Å². The van der Waals surface area contributed by atoms with Crippen LogP contribution in [-0.2, 0) is 11.8 Å². The monoisotopic (exact) mass is 533 g/mol. The van der Waals surface area contributed by atoms with Crippen LogP contribution in [0.25, 0.3) is 27.8 Å². The molecule has 5 rings (SSSR count). The molecule has 0 unspecified atom stereocenters. The van der Waals surface area contributed by atoms with Gasteiger partial charge in [-0.25, -0.2) is 9.67 Å². The molecule has 1 aliphatic carbocycles. The van der Waals surface area contributed by atoms with Crippen LogP contribution in [0.2, 0.25) is 0 Å². The Balaban J connectivity index is 1.43. The van der Waals surface area contributed by atoms with E-state index >= 15 is 0 Å². The molecule has 0 aliphatic heterocycles. The van der Waals surface area contributed by atoms with Gasteiger partial charge < -0.3 is 10.6 Å². The van der Waals surface area contributed by atoms with Gasteiger partial charge in [-0.15, -0.1) is 0 Å². The fourth-order valence-electron chi connectivity index (χ4n) is 4.74. The predicted molar refractivity (Wildman–Crippen MR) is 135 cm³/mol. The number of fused-ring (bicyclic) bond motifs is 1. The van der Waals surface area contributed by atoms with Crippen molar-refractivity contribution in [2.75, 3.05) is 12.4 Å². The number of carbonyl (C=O) groups excluding carboxylic acids is 1. The normalized spacial score (nSPS) is 19.6. The summed E-state index contributed by atoms with van der Waals surface area (Å²) < 4.78 is 3.97. The first-order valence-electron chi connectivity index (χ1n) is 11.3. The highest BCUT2D eigenvalue weighted by Crippen LogP contribution is 2.39. The van der Waals surface area contributed by atoms with E-state index in [0.717, 1.165) is 41.5 Å². The van der Waals surface area contributed by atoms with Crippen molar-refractivity contribution in [1.29, 1.82) is 5.26 Å². The number of carbonyl (C=O) groups is 1. The molecule has 3 heterocycles. The Hall–Kier alpha value is -3.78. The average Bonchev–Trinajstić information content (AvgIpc) is 3.54. The van der Waals surface area contributed by atoms with E-state index in [1.807, 2.05) is 31.2 Å². The second-order valence-corrected chi connectivity index (χ2v) is 9.80. The van der Waals surface area contributed by atoms with Crippen molar-refractivity contribution in [1.82, 2.24) is 34.8 Å². The van der Waals surface area contributed by atoms with Crippen molar-refractivity contribution >= 4 is 38.8 Å². The van der Waals surface area contributed by atoms with Gasteiger partial charge in [0.1, 0.15) is 16.4 Å². The summed E-state index contributed by atoms with van der Waals surface area (Å²) in [5.41, 5.74) is 3.28. The van der Waals surface area contributed by atoms with E-state index in [9.17, 15) is 10.1 Å². The Bertz CT molecular complexity index is 1470. The Morgan fingerprint density at radius 3 is 2.77 bits per heavy atom. The number of amides is 1. The molecule has 0 radical (unpaired) electrons. The number of halogens is 1. The number of hydrogen-bond donors (Lipinski definition) is 2. The minimum atomic E-state index is -0.386. The molecule has 2 atom stereocenters. The van der Waals surface area contributed by atoms with Crippen molar-refractivity contribution < 1.29 is 4.79 Å². The molecule has 2 N–H and O–H groups in total. The molecule has 1 fully saturated rings. The maximum absolute atomic E-state index is 12.3. The summed E-state index contributed by atoms with van der Waals surface area (Å²) in [6.07, 6.45) is 5.84. The minimum Gasteiger partial charge on any atom is -0.359 e. The first-order valence-corrected chi connectivity index (χ1v) is 12.0. The summed E-state index contributed by atoms with van der Waals surface area (Å²) in [6.45, 7) is 2.00. The number of rotatable bonds is 5. The number of anilines is 1. The van der Waals surface area contributed by atoms with E-state index in [2.05, 4.69) is 47.8 Å². The first-order chi connectivity index (χ1) is 16.8. The van der Waals surface area contributed by atoms with Gasteiger partial charge in [-0.3, -0.25) is 9.48 Å². The quantitative estimate of drug-likeness (QED) is 0.401. The van der Waals surface area contributed by atoms with E-state index in [1.165, 1.54) is 0 Å². The third-order valence-electron chi connectivity index (χ3n) is 6.70. The SMILES string of the molecule is CNC(=O)[C@]1(C)CC[C@@H](Nc2ncc3c(Br)nn(-c4ccc(-c5cnn(C)c5C#N)cc4)c3n2)C1. The number of nitrogens with one attached hydrogen (secondary N) is 2. The lowest BCUT2D eigenvalue weighted by molar-refractivity contribution is -0.129. The molecular weight excluding hydrogens is 510 g/mol. The Morgan fingerprint density at radius 2 is 2.06 bits per heavy atom. The molecule has 0 spiro atoms. The van der Waals surface area contributed by atoms with Gasteiger partial charge in [-0.05, 0) is 52.9 Å². The predicted octanol–water partition coefficient (Wildman–Crippen LogP) is 3.57. The van der Waals surface area contributed by atoms with Crippen molar-refractivity contribution in [3.8, 4) is 22.9 Å². The summed E-state index contributed by atoms with van der Waals surface area (Å²) in [4.78, 5) is 21.5. The summed E-state index contributed by atoms with van der Waals surface area (Å²) in [5.74, 6) is 0.569. The zero-order valence-corrected chi connectivity index (χ0v) is 21.2. The van der Waals surface area contributed by atoms with Crippen molar-refractivity contribution in [2.24, 2.45) is 12.5 Å². The van der Waals surface area contributed by atoms with Crippen LogP contribution in [0, 0.1) is 16.7 Å². The molecule has 1 amide bonds. The van der Waals surface area contributed by atoms with Gasteiger partial charge >= 0.3 is 0 Å². The van der Waals surface area contributed by atoms with Crippen molar-refractivity contribution in [3.63, 3.8) is 0 Å². The van der Waals surface area contributed by atoms with E-state index in [-0.39, 0.29) is 17.4 Å². The van der Waals surface area contributed by atoms with E-state index in [1.54, 1.807) is 35.9 Å². The summed E-state index contributed by atoms with van der Waals surface area (Å²) >= 11 is 3.52. The lowest BCUT2D eigenvalue weighted by Crippen LogP contribution is -2.35. The fraction of sp³-hybridized carbons (Fsp3) is 0.333. The lowest BCUT2D eigenvalue weighted by Gasteiger charge is -2.22. The second-order valence-electron chi connectivity index (χ2n) is 9.05. The smallest absolute Gasteiger partial charge is 0.225 e. The summed E-state index contributed by atoms with van der Waals surface area (Å²) in [7, 11) is 3.43. The number of nitrogens with zero attached hydrogens (tertiary/aromatic N) is 7. The maximum atomic E-state index is 12.3. The molecule has 4 aromatic rings. The highest BCUT2D eigenvalue weighted by Gasteiger charge is 2.41. The van der Waals surface area contributed by atoms with E-state index in [4.69, 9.17) is 4.98 Å². The third-order valence-corrected chi connectivity index (χ3v) is 7.28. The second kappa shape index (κ2) is 8.78. The van der Waals surface area contributed by atoms with Crippen LogP contribution >= 0.6 is 15.9 Å². The summed E-state index contributed by atoms with van der Waals surface area (Å²) in [6, 6.07) is 10.1. The molecule has 0 saturated heterocycles. The number of aromatic nitrogens is 6. The number of hydrogen-bond acceptors (Lipinski definition) is 7. The highest BCUT2D eigenvalue weighted by molar-refractivity contribution is 9.10. The molecule has 1 saturated carbocycles. The number of benzene rings is 1. The van der Waals surface area contributed by atoms with Gasteiger partial charge in [0.15, 0.2) is 5.65 Å². The molecule has 3 aromatic heterocycles. The van der Waals surface area contributed by atoms with Crippen molar-refractivity contribution in [3.05, 3.63) is 47.0 Å². The number of nitriles is 1. The maximum Gasteiger partial charge on any atom is 0.225 e. The van der Waals surface area contributed by atoms with Gasteiger partial charge in [-0.1, -0.05) is 19.1 Å². The molecular formula is C24H24BrN9O. The van der Waals surface area contributed by atoms with E-state index < -0.39 is 0 Å². The molecule has 1 aliphatic rings. The molecule has 1 aromatic carbocycles. The van der Waals surface area contributed by atoms with E-state index in [0.29, 0.717) is 21.9 Å². The summed E-state index contributed by atoms with van der Waals surface area (Å²) in [5, 5.41) is 25.2. The van der Waals surface area contributed by atoms with Crippen LogP contribution in [-0.4, -0.2) is 48.5 Å². The van der Waals surface area contributed by atoms with Gasteiger partial charge in [0.05, 0.1) is 17.3 Å². The molecule has 11 heteroatoms. The fourth-order valence-corrected chi connectivity index (χ4v) is 5.17. The van der Waals surface area contributed by atoms with Crippen LogP contribution in [0.4, 0.5) is 5.95 Å². The Kier molecular flexibility index (Phi) is 5.76. The van der Waals surface area contributed by atoms with Crippen LogP contribution < -0.4 is 10.6 Å². The zero-order chi connectivity index (χ0) is 24.7. The standard InChI is InChI=1S/C24H24BrN9O/c1-24(22(35)27-2)9-8-15(10-24)30-23-28-12-18-20(25)32-34(21(18)31-23)16-6-4-14(5-7-16)17-13-29-33(3)19(17)11-26/h4-7,12-13,15H,8-10H2,1-3H3,(H,27,35)(H,28,30,31)/t15-,24-/m1/s1. The van der Waals surface area contributed by atoms with Crippen LogP contribution in [0.3, 0.4) is 0 Å². The molecule has 0 bridgehead atoms. The molecule has 10 nitrogen and oxygen atoms in total. The lowest BCUT2D eigenvalue weighted by atomic mass is 9.87.